The van der Waals surface area contributed by atoms with Crippen molar-refractivity contribution in [2.24, 2.45) is 5.92 Å². The first-order valence-electron chi connectivity index (χ1n) is 7.15. The van der Waals surface area contributed by atoms with Crippen molar-refractivity contribution in [1.82, 2.24) is 5.32 Å². The largest absolute Gasteiger partial charge is 0.378 e. The van der Waals surface area contributed by atoms with Crippen LogP contribution in [0, 0.1) is 5.92 Å². The van der Waals surface area contributed by atoms with Crippen LogP contribution in [0.2, 0.25) is 0 Å². The topological polar surface area (TPSA) is 21.3 Å². The van der Waals surface area contributed by atoms with Gasteiger partial charge in [-0.25, -0.2) is 0 Å². The smallest absolute Gasteiger partial charge is 0.0587 e. The molecule has 2 nitrogen and oxygen atoms in total. The predicted molar refractivity (Wildman–Crippen MR) is 78.1 cm³/mol. The van der Waals surface area contributed by atoms with Gasteiger partial charge < -0.3 is 10.1 Å². The molecule has 1 fully saturated rings. The zero-order chi connectivity index (χ0) is 12.8. The molecule has 2 unspecified atom stereocenters. The molecule has 0 bridgehead atoms. The third-order valence-electron chi connectivity index (χ3n) is 3.62. The van der Waals surface area contributed by atoms with Crippen molar-refractivity contribution >= 4 is 11.3 Å². The predicted octanol–water partition coefficient (Wildman–Crippen LogP) is 3.99. The number of hydrogen-bond acceptors (Lipinski definition) is 3. The third-order valence-corrected chi connectivity index (χ3v) is 4.58. The molecule has 3 heteroatoms. The van der Waals surface area contributed by atoms with E-state index in [1.54, 1.807) is 0 Å². The minimum Gasteiger partial charge on any atom is -0.378 e. The lowest BCUT2D eigenvalue weighted by Gasteiger charge is -2.25. The minimum atomic E-state index is 0.488. The second-order valence-corrected chi connectivity index (χ2v) is 6.45. The van der Waals surface area contributed by atoms with Crippen LogP contribution in [0.3, 0.4) is 0 Å². The highest BCUT2D eigenvalue weighted by molar-refractivity contribution is 7.10. The van der Waals surface area contributed by atoms with Gasteiger partial charge in [0.05, 0.1) is 6.10 Å². The SMILES string of the molecule is CC(C)C(NCCC1CCCCO1)c1cccs1. The van der Waals surface area contributed by atoms with Crippen molar-refractivity contribution in [3.63, 3.8) is 0 Å². The van der Waals surface area contributed by atoms with Crippen LogP contribution < -0.4 is 5.32 Å². The van der Waals surface area contributed by atoms with Crippen LogP contribution in [-0.4, -0.2) is 19.3 Å². The van der Waals surface area contributed by atoms with Crippen molar-refractivity contribution < 1.29 is 4.74 Å². The Kier molecular flexibility index (Phi) is 5.67. The van der Waals surface area contributed by atoms with Gasteiger partial charge in [-0.2, -0.15) is 0 Å². The Morgan fingerprint density at radius 1 is 1.44 bits per heavy atom. The van der Waals surface area contributed by atoms with E-state index in [2.05, 4.69) is 36.7 Å². The minimum absolute atomic E-state index is 0.488. The first-order chi connectivity index (χ1) is 8.77. The highest BCUT2D eigenvalue weighted by Crippen LogP contribution is 2.26. The van der Waals surface area contributed by atoms with E-state index in [1.165, 1.54) is 24.1 Å². The fourth-order valence-corrected chi connectivity index (χ4v) is 3.54. The Morgan fingerprint density at radius 3 is 2.94 bits per heavy atom. The molecule has 1 aromatic rings. The summed E-state index contributed by atoms with van der Waals surface area (Å²) in [6, 6.07) is 4.87. The Morgan fingerprint density at radius 2 is 2.33 bits per heavy atom. The van der Waals surface area contributed by atoms with Crippen molar-refractivity contribution in [2.75, 3.05) is 13.2 Å². The van der Waals surface area contributed by atoms with Crippen LogP contribution in [0.5, 0.6) is 0 Å². The summed E-state index contributed by atoms with van der Waals surface area (Å²) < 4.78 is 5.77. The van der Waals surface area contributed by atoms with Gasteiger partial charge in [0.25, 0.3) is 0 Å². The van der Waals surface area contributed by atoms with Crippen molar-refractivity contribution in [1.29, 1.82) is 0 Å². The monoisotopic (exact) mass is 267 g/mol. The van der Waals surface area contributed by atoms with Crippen molar-refractivity contribution in [3.8, 4) is 0 Å². The fourth-order valence-electron chi connectivity index (χ4n) is 2.57. The lowest BCUT2D eigenvalue weighted by Crippen LogP contribution is -2.30. The van der Waals surface area contributed by atoms with Crippen LogP contribution in [0.25, 0.3) is 0 Å². The third kappa shape index (κ3) is 4.08. The summed E-state index contributed by atoms with van der Waals surface area (Å²) in [5.41, 5.74) is 0. The van der Waals surface area contributed by atoms with Crippen LogP contribution in [0.15, 0.2) is 17.5 Å². The normalized spacial score (nSPS) is 22.3. The average Bonchev–Trinajstić information content (AvgIpc) is 2.89. The Labute approximate surface area is 115 Å². The number of rotatable bonds is 6. The number of nitrogens with one attached hydrogen (secondary N) is 1. The van der Waals surface area contributed by atoms with Gasteiger partial charge in [-0.05, 0) is 49.6 Å². The molecule has 1 aromatic heterocycles. The van der Waals surface area contributed by atoms with Crippen molar-refractivity contribution in [3.05, 3.63) is 22.4 Å². The van der Waals surface area contributed by atoms with Gasteiger partial charge in [0.2, 0.25) is 0 Å². The summed E-state index contributed by atoms with van der Waals surface area (Å²) in [5, 5.41) is 5.86. The molecule has 1 N–H and O–H groups in total. The number of hydrogen-bond donors (Lipinski definition) is 1. The molecule has 0 aliphatic carbocycles. The Balaban J connectivity index is 1.76. The zero-order valence-electron chi connectivity index (χ0n) is 11.5. The van der Waals surface area contributed by atoms with Gasteiger partial charge in [-0.1, -0.05) is 19.9 Å². The van der Waals surface area contributed by atoms with Gasteiger partial charge in [-0.3, -0.25) is 0 Å². The van der Waals surface area contributed by atoms with Gasteiger partial charge in [0.15, 0.2) is 0 Å². The van der Waals surface area contributed by atoms with Crippen molar-refractivity contribution in [2.45, 2.75) is 51.7 Å². The summed E-state index contributed by atoms with van der Waals surface area (Å²) >= 11 is 1.85. The maximum atomic E-state index is 5.77. The standard InChI is InChI=1S/C15H25NOS/c1-12(2)15(14-7-5-11-18-14)16-9-8-13-6-3-4-10-17-13/h5,7,11-13,15-16H,3-4,6,8-10H2,1-2H3. The molecular formula is C15H25NOS. The van der Waals surface area contributed by atoms with E-state index in [-0.39, 0.29) is 0 Å². The fraction of sp³-hybridized carbons (Fsp3) is 0.733. The van der Waals surface area contributed by atoms with Gasteiger partial charge in [0.1, 0.15) is 0 Å². The molecule has 1 saturated heterocycles. The summed E-state index contributed by atoms with van der Waals surface area (Å²) in [6.07, 6.45) is 5.46. The van der Waals surface area contributed by atoms with Crippen LogP contribution in [-0.2, 0) is 4.74 Å². The summed E-state index contributed by atoms with van der Waals surface area (Å²) in [5.74, 6) is 0.635. The molecule has 102 valence electrons. The van der Waals surface area contributed by atoms with Gasteiger partial charge in [0, 0.05) is 17.5 Å². The Hall–Kier alpha value is -0.380. The first kappa shape index (κ1) is 14.0. The molecule has 2 atom stereocenters. The number of ether oxygens (including phenoxy) is 1. The van der Waals surface area contributed by atoms with E-state index < -0.39 is 0 Å². The molecule has 0 radical (unpaired) electrons. The summed E-state index contributed by atoms with van der Waals surface area (Å²) in [6.45, 7) is 6.59. The molecule has 0 amide bonds. The second kappa shape index (κ2) is 7.27. The van der Waals surface area contributed by atoms with E-state index >= 15 is 0 Å². The quantitative estimate of drug-likeness (QED) is 0.841. The van der Waals surface area contributed by atoms with Gasteiger partial charge >= 0.3 is 0 Å². The molecule has 0 saturated carbocycles. The second-order valence-electron chi connectivity index (χ2n) is 5.47. The lowest BCUT2D eigenvalue weighted by molar-refractivity contribution is 0.0110. The van der Waals surface area contributed by atoms with Gasteiger partial charge in [-0.15, -0.1) is 11.3 Å². The Bertz CT molecular complexity index is 317. The number of thiophene rings is 1. The molecule has 2 heterocycles. The highest BCUT2D eigenvalue weighted by atomic mass is 32.1. The van der Waals surface area contributed by atoms with Crippen LogP contribution in [0.4, 0.5) is 0 Å². The molecule has 1 aliphatic heterocycles. The average molecular weight is 267 g/mol. The molecule has 1 aliphatic rings. The highest BCUT2D eigenvalue weighted by Gasteiger charge is 2.18. The van der Waals surface area contributed by atoms with E-state index in [0.717, 1.165) is 19.6 Å². The molecule has 18 heavy (non-hydrogen) atoms. The summed E-state index contributed by atoms with van der Waals surface area (Å²) in [7, 11) is 0. The van der Waals surface area contributed by atoms with E-state index in [1.807, 2.05) is 11.3 Å². The van der Waals surface area contributed by atoms with Crippen LogP contribution in [0.1, 0.15) is 50.4 Å². The molecule has 2 rings (SSSR count). The van der Waals surface area contributed by atoms with Crippen LogP contribution >= 0.6 is 11.3 Å². The summed E-state index contributed by atoms with van der Waals surface area (Å²) in [4.78, 5) is 1.45. The molecule has 0 aromatic carbocycles. The van der Waals surface area contributed by atoms with E-state index in [0.29, 0.717) is 18.1 Å². The molecular weight excluding hydrogens is 242 g/mol. The first-order valence-corrected chi connectivity index (χ1v) is 8.03. The maximum absolute atomic E-state index is 5.77. The zero-order valence-corrected chi connectivity index (χ0v) is 12.3. The van der Waals surface area contributed by atoms with E-state index in [4.69, 9.17) is 4.74 Å². The maximum Gasteiger partial charge on any atom is 0.0587 e. The molecule has 0 spiro atoms. The van der Waals surface area contributed by atoms with E-state index in [9.17, 15) is 0 Å². The lowest BCUT2D eigenvalue weighted by atomic mass is 10.0.